The first-order chi connectivity index (χ1) is 13.4. The van der Waals surface area contributed by atoms with Crippen molar-refractivity contribution in [1.82, 2.24) is 4.57 Å². The largest absolute Gasteiger partial charge is 0.494 e. The molecule has 1 aromatic heterocycles. The summed E-state index contributed by atoms with van der Waals surface area (Å²) in [7, 11) is 0. The molecule has 0 radical (unpaired) electrons. The lowest BCUT2D eigenvalue weighted by Crippen LogP contribution is -2.26. The Kier molecular flexibility index (Phi) is 5.42. The van der Waals surface area contributed by atoms with E-state index in [2.05, 4.69) is 4.99 Å². The fraction of sp³-hybridized carbons (Fsp3) is 0.174. The number of hydrogen-bond acceptors (Lipinski definition) is 4. The maximum atomic E-state index is 12.4. The van der Waals surface area contributed by atoms with Gasteiger partial charge >= 0.3 is 0 Å². The maximum absolute atomic E-state index is 12.4. The van der Waals surface area contributed by atoms with E-state index in [-0.39, 0.29) is 17.5 Å². The molecule has 5 nitrogen and oxygen atoms in total. The van der Waals surface area contributed by atoms with Gasteiger partial charge in [0, 0.05) is 12.3 Å². The average Bonchev–Trinajstić information content (AvgIpc) is 2.69. The predicted molar refractivity (Wildman–Crippen MR) is 111 cm³/mol. The topological polar surface area (TPSA) is 78.4 Å². The number of nitrogens with zero attached hydrogens (tertiary/aromatic N) is 3. The second kappa shape index (κ2) is 7.93. The first-order valence-corrected chi connectivity index (χ1v) is 9.01. The van der Waals surface area contributed by atoms with Crippen molar-refractivity contribution in [1.29, 1.82) is 5.26 Å². The SMILES string of the molecule is Cc1c(C=Nc2ccc(-c3ccccc3)cc2)c(O)n(C(C)C)c(=O)c1C#N. The molecule has 0 unspecified atom stereocenters. The van der Waals surface area contributed by atoms with Gasteiger partial charge in [0.1, 0.15) is 11.6 Å². The number of nitriles is 1. The van der Waals surface area contributed by atoms with Crippen molar-refractivity contribution in [2.45, 2.75) is 26.8 Å². The Morgan fingerprint density at radius 2 is 1.68 bits per heavy atom. The number of pyridine rings is 1. The van der Waals surface area contributed by atoms with Gasteiger partial charge in [0.2, 0.25) is 5.88 Å². The summed E-state index contributed by atoms with van der Waals surface area (Å²) in [6.07, 6.45) is 1.50. The summed E-state index contributed by atoms with van der Waals surface area (Å²) in [4.78, 5) is 16.8. The molecule has 0 fully saturated rings. The van der Waals surface area contributed by atoms with Crippen LogP contribution in [0.3, 0.4) is 0 Å². The van der Waals surface area contributed by atoms with E-state index in [9.17, 15) is 15.2 Å². The van der Waals surface area contributed by atoms with Gasteiger partial charge in [-0.3, -0.25) is 14.4 Å². The lowest BCUT2D eigenvalue weighted by Gasteiger charge is -2.16. The molecule has 3 aromatic rings. The molecule has 1 N–H and O–H groups in total. The van der Waals surface area contributed by atoms with Gasteiger partial charge in [-0.25, -0.2) is 0 Å². The van der Waals surface area contributed by atoms with Gasteiger partial charge in [-0.05, 0) is 49.6 Å². The molecule has 3 rings (SSSR count). The standard InChI is InChI=1S/C23H21N3O2/c1-15(2)26-22(27)20(13-24)16(3)21(23(26)28)14-25-19-11-9-18(10-12-19)17-7-5-4-6-8-17/h4-12,14-15,28H,1-3H3. The predicted octanol–water partition coefficient (Wildman–Crippen LogP) is 4.73. The normalized spacial score (nSPS) is 11.1. The molecule has 0 bridgehead atoms. The second-order valence-electron chi connectivity index (χ2n) is 6.79. The quantitative estimate of drug-likeness (QED) is 0.673. The Labute approximate surface area is 163 Å². The molecule has 0 spiro atoms. The number of rotatable bonds is 4. The smallest absolute Gasteiger partial charge is 0.271 e. The van der Waals surface area contributed by atoms with E-state index in [4.69, 9.17) is 0 Å². The molecule has 0 aliphatic carbocycles. The summed E-state index contributed by atoms with van der Waals surface area (Å²) in [5.41, 5.74) is 3.24. The summed E-state index contributed by atoms with van der Waals surface area (Å²) in [6.45, 7) is 5.20. The van der Waals surface area contributed by atoms with Crippen LogP contribution in [-0.2, 0) is 0 Å². The third-order valence-corrected chi connectivity index (χ3v) is 4.63. The monoisotopic (exact) mass is 371 g/mol. The number of aromatic hydroxyl groups is 1. The Balaban J connectivity index is 2.00. The van der Waals surface area contributed by atoms with Crippen LogP contribution in [0.1, 0.15) is 36.6 Å². The van der Waals surface area contributed by atoms with Crippen molar-refractivity contribution in [2.75, 3.05) is 0 Å². The molecule has 0 amide bonds. The van der Waals surface area contributed by atoms with Gasteiger partial charge in [-0.2, -0.15) is 5.26 Å². The summed E-state index contributed by atoms with van der Waals surface area (Å²) in [5.74, 6) is -0.179. The molecule has 0 saturated carbocycles. The van der Waals surface area contributed by atoms with E-state index in [1.807, 2.05) is 60.7 Å². The van der Waals surface area contributed by atoms with Crippen LogP contribution >= 0.6 is 0 Å². The van der Waals surface area contributed by atoms with Crippen LogP contribution in [0.4, 0.5) is 5.69 Å². The van der Waals surface area contributed by atoms with Crippen molar-refractivity contribution < 1.29 is 5.11 Å². The molecular formula is C23H21N3O2. The lowest BCUT2D eigenvalue weighted by molar-refractivity contribution is 0.386. The van der Waals surface area contributed by atoms with Gasteiger partial charge in [0.25, 0.3) is 5.56 Å². The number of benzene rings is 2. The molecule has 140 valence electrons. The molecule has 0 saturated heterocycles. The van der Waals surface area contributed by atoms with Gasteiger partial charge in [0.15, 0.2) is 0 Å². The number of aliphatic imine (C=N–C) groups is 1. The summed E-state index contributed by atoms with van der Waals surface area (Å²) in [5, 5.41) is 19.9. The van der Waals surface area contributed by atoms with Crippen molar-refractivity contribution in [3.8, 4) is 23.1 Å². The van der Waals surface area contributed by atoms with E-state index >= 15 is 0 Å². The molecule has 0 atom stereocenters. The second-order valence-corrected chi connectivity index (χ2v) is 6.79. The average molecular weight is 371 g/mol. The zero-order chi connectivity index (χ0) is 20.3. The van der Waals surface area contributed by atoms with E-state index in [1.54, 1.807) is 20.8 Å². The van der Waals surface area contributed by atoms with Gasteiger partial charge < -0.3 is 5.11 Å². The first-order valence-electron chi connectivity index (χ1n) is 9.01. The zero-order valence-electron chi connectivity index (χ0n) is 16.0. The Morgan fingerprint density at radius 1 is 1.07 bits per heavy atom. The minimum Gasteiger partial charge on any atom is -0.494 e. The molecule has 2 aromatic carbocycles. The van der Waals surface area contributed by atoms with Crippen LogP contribution in [0.25, 0.3) is 11.1 Å². The Hall–Kier alpha value is -3.65. The maximum Gasteiger partial charge on any atom is 0.271 e. The third kappa shape index (κ3) is 3.58. The van der Waals surface area contributed by atoms with Crippen LogP contribution in [0, 0.1) is 18.3 Å². The van der Waals surface area contributed by atoms with Crippen LogP contribution in [-0.4, -0.2) is 15.9 Å². The molecule has 5 heteroatoms. The van der Waals surface area contributed by atoms with Crippen LogP contribution in [0.2, 0.25) is 0 Å². The van der Waals surface area contributed by atoms with E-state index in [0.29, 0.717) is 16.8 Å². The highest BCUT2D eigenvalue weighted by atomic mass is 16.3. The fourth-order valence-corrected chi connectivity index (χ4v) is 3.08. The summed E-state index contributed by atoms with van der Waals surface area (Å²) >= 11 is 0. The van der Waals surface area contributed by atoms with Crippen LogP contribution in [0.15, 0.2) is 64.4 Å². The van der Waals surface area contributed by atoms with E-state index in [1.165, 1.54) is 10.8 Å². The Morgan fingerprint density at radius 3 is 2.25 bits per heavy atom. The van der Waals surface area contributed by atoms with Gasteiger partial charge in [0.05, 0.1) is 11.3 Å². The van der Waals surface area contributed by atoms with Crippen LogP contribution in [0.5, 0.6) is 5.88 Å². The van der Waals surface area contributed by atoms with Crippen molar-refractivity contribution in [3.05, 3.63) is 81.6 Å². The van der Waals surface area contributed by atoms with Gasteiger partial charge in [-0.1, -0.05) is 42.5 Å². The highest BCUT2D eigenvalue weighted by molar-refractivity contribution is 5.87. The summed E-state index contributed by atoms with van der Waals surface area (Å²) in [6, 6.07) is 19.4. The third-order valence-electron chi connectivity index (χ3n) is 4.63. The molecule has 28 heavy (non-hydrogen) atoms. The van der Waals surface area contributed by atoms with E-state index < -0.39 is 5.56 Å². The van der Waals surface area contributed by atoms with Gasteiger partial charge in [-0.15, -0.1) is 0 Å². The number of aromatic nitrogens is 1. The van der Waals surface area contributed by atoms with Crippen molar-refractivity contribution >= 4 is 11.9 Å². The zero-order valence-corrected chi connectivity index (χ0v) is 16.0. The van der Waals surface area contributed by atoms with Crippen molar-refractivity contribution in [2.24, 2.45) is 4.99 Å². The number of hydrogen-bond donors (Lipinski definition) is 1. The molecule has 0 aliphatic rings. The Bertz CT molecular complexity index is 1120. The molecule has 0 aliphatic heterocycles. The fourth-order valence-electron chi connectivity index (χ4n) is 3.08. The highest BCUT2D eigenvalue weighted by Gasteiger charge is 2.19. The highest BCUT2D eigenvalue weighted by Crippen LogP contribution is 2.25. The lowest BCUT2D eigenvalue weighted by atomic mass is 10.0. The minimum atomic E-state index is -0.489. The van der Waals surface area contributed by atoms with Crippen LogP contribution < -0.4 is 5.56 Å². The molecule has 1 heterocycles. The first kappa shape index (κ1) is 19.1. The van der Waals surface area contributed by atoms with E-state index in [0.717, 1.165) is 11.1 Å². The van der Waals surface area contributed by atoms with Crippen molar-refractivity contribution in [3.63, 3.8) is 0 Å². The minimum absolute atomic E-state index is 0.0207. The molecular weight excluding hydrogens is 350 g/mol. The summed E-state index contributed by atoms with van der Waals surface area (Å²) < 4.78 is 1.21.